The summed E-state index contributed by atoms with van der Waals surface area (Å²) < 4.78 is 5.49. The van der Waals surface area contributed by atoms with Gasteiger partial charge in [0.25, 0.3) is 0 Å². The van der Waals surface area contributed by atoms with E-state index in [1.165, 1.54) is 6.42 Å². The van der Waals surface area contributed by atoms with Crippen molar-refractivity contribution in [2.45, 2.75) is 32.1 Å². The maximum Gasteiger partial charge on any atom is 0.135 e. The molecule has 29 heavy (non-hydrogen) atoms. The first-order valence-corrected chi connectivity index (χ1v) is 10.5. The third-order valence-electron chi connectivity index (χ3n) is 5.18. The van der Waals surface area contributed by atoms with E-state index in [1.54, 1.807) is 6.20 Å². The average molecular weight is 398 g/mol. The summed E-state index contributed by atoms with van der Waals surface area (Å²) >= 11 is 0. The molecule has 0 aliphatic carbocycles. The van der Waals surface area contributed by atoms with Gasteiger partial charge in [0, 0.05) is 56.0 Å². The number of hydrogen-bond acceptors (Lipinski definition) is 7. The van der Waals surface area contributed by atoms with Gasteiger partial charge in [-0.1, -0.05) is 6.92 Å². The van der Waals surface area contributed by atoms with Crippen LogP contribution in [0.5, 0.6) is 0 Å². The van der Waals surface area contributed by atoms with Crippen LogP contribution in [0.25, 0.3) is 11.3 Å². The van der Waals surface area contributed by atoms with Crippen LogP contribution in [0.2, 0.25) is 0 Å². The lowest BCUT2D eigenvalue weighted by Gasteiger charge is -2.31. The number of ether oxygens (including phenoxy) is 1. The summed E-state index contributed by atoms with van der Waals surface area (Å²) in [6, 6.07) is 6.12. The number of hydrogen-bond donors (Lipinski definition) is 0. The lowest BCUT2D eigenvalue weighted by Crippen LogP contribution is -2.37. The third-order valence-corrected chi connectivity index (χ3v) is 5.18. The van der Waals surface area contributed by atoms with Crippen LogP contribution in [-0.4, -0.2) is 72.6 Å². The number of morpholine rings is 1. The van der Waals surface area contributed by atoms with Crippen LogP contribution in [0.1, 0.15) is 37.9 Å². The molecule has 2 aromatic heterocycles. The van der Waals surface area contributed by atoms with Gasteiger partial charge in [-0.3, -0.25) is 4.98 Å². The van der Waals surface area contributed by atoms with Crippen molar-refractivity contribution in [1.29, 1.82) is 0 Å². The van der Waals surface area contributed by atoms with Gasteiger partial charge in [0.2, 0.25) is 0 Å². The molecule has 2 fully saturated rings. The summed E-state index contributed by atoms with van der Waals surface area (Å²) in [4.78, 5) is 28.0. The van der Waals surface area contributed by atoms with Gasteiger partial charge in [-0.25, -0.2) is 9.97 Å². The van der Waals surface area contributed by atoms with Crippen molar-refractivity contribution in [2.75, 3.05) is 51.3 Å². The Morgan fingerprint density at radius 3 is 2.69 bits per heavy atom. The van der Waals surface area contributed by atoms with Crippen molar-refractivity contribution in [3.05, 3.63) is 36.4 Å². The highest BCUT2D eigenvalue weighted by atomic mass is 16.5. The minimum atomic E-state index is 0.398. The van der Waals surface area contributed by atoms with Gasteiger partial charge in [0.05, 0.1) is 18.9 Å². The van der Waals surface area contributed by atoms with E-state index in [2.05, 4.69) is 34.0 Å². The van der Waals surface area contributed by atoms with E-state index in [0.717, 1.165) is 75.0 Å². The molecule has 7 heteroatoms. The monoisotopic (exact) mass is 397 g/mol. The number of anilines is 1. The number of likely N-dealkylation sites (N-methyl/N-ethyl adjacent to an activating group) is 1. The Bertz CT molecular complexity index is 765. The second-order valence-electron chi connectivity index (χ2n) is 7.49. The third kappa shape index (κ3) is 6.05. The summed E-state index contributed by atoms with van der Waals surface area (Å²) in [5.41, 5.74) is 2.01. The lowest BCUT2D eigenvalue weighted by molar-refractivity contribution is -0.107. The molecule has 1 unspecified atom stereocenters. The Morgan fingerprint density at radius 2 is 2.03 bits per heavy atom. The van der Waals surface area contributed by atoms with E-state index in [4.69, 9.17) is 14.7 Å². The zero-order chi connectivity index (χ0) is 20.5. The van der Waals surface area contributed by atoms with E-state index in [9.17, 15) is 4.79 Å². The topological polar surface area (TPSA) is 71.5 Å². The van der Waals surface area contributed by atoms with E-state index < -0.39 is 0 Å². The summed E-state index contributed by atoms with van der Waals surface area (Å²) in [7, 11) is 2.18. The average Bonchev–Trinajstić information content (AvgIpc) is 2.80. The van der Waals surface area contributed by atoms with Crippen molar-refractivity contribution in [3.63, 3.8) is 0 Å². The molecule has 0 spiro atoms. The number of nitrogens with zero attached hydrogens (tertiary/aromatic N) is 5. The van der Waals surface area contributed by atoms with Crippen molar-refractivity contribution in [3.8, 4) is 11.3 Å². The van der Waals surface area contributed by atoms with Crippen molar-refractivity contribution < 1.29 is 9.53 Å². The van der Waals surface area contributed by atoms with Gasteiger partial charge in [-0.05, 0) is 38.6 Å². The number of carbonyl (C=O) groups excluding carboxylic acids is 1. The van der Waals surface area contributed by atoms with Crippen LogP contribution in [0.3, 0.4) is 0 Å². The Morgan fingerprint density at radius 1 is 1.24 bits per heavy atom. The molecule has 0 bridgehead atoms. The number of aldehydes is 1. The number of piperidine rings is 1. The molecule has 2 aliphatic heterocycles. The maximum absolute atomic E-state index is 9.17. The fourth-order valence-electron chi connectivity index (χ4n) is 3.63. The van der Waals surface area contributed by atoms with Crippen LogP contribution in [0, 0.1) is 0 Å². The first kappa shape index (κ1) is 21.3. The highest BCUT2D eigenvalue weighted by Crippen LogP contribution is 2.28. The second kappa shape index (κ2) is 11.0. The van der Waals surface area contributed by atoms with Crippen LogP contribution in [0.15, 0.2) is 30.6 Å². The predicted octanol–water partition coefficient (Wildman–Crippen LogP) is 2.78. The number of carbonyl (C=O) groups is 1. The summed E-state index contributed by atoms with van der Waals surface area (Å²) in [6.07, 6.45) is 7.55. The van der Waals surface area contributed by atoms with E-state index in [1.807, 2.05) is 19.2 Å². The van der Waals surface area contributed by atoms with E-state index in [0.29, 0.717) is 12.3 Å². The Labute approximate surface area is 173 Å². The SMILES string of the molecule is CCC=O.CN1CCCC(c2nc(-c3cccnc3)cc(N3CCOCC3)n2)C1. The molecule has 7 nitrogen and oxygen atoms in total. The standard InChI is InChI=1S/C19H25N5O.C3H6O/c1-23-7-3-5-16(14-23)19-21-17(15-4-2-6-20-13-15)12-18(22-19)24-8-10-25-11-9-24;1-2-3-4/h2,4,6,12-13,16H,3,5,7-11,14H2,1H3;3H,2H2,1H3. The van der Waals surface area contributed by atoms with Gasteiger partial charge in [0.1, 0.15) is 17.9 Å². The molecule has 2 saturated heterocycles. The molecular formula is C22H31N5O2. The Balaban J connectivity index is 0.000000552. The zero-order valence-electron chi connectivity index (χ0n) is 17.5. The van der Waals surface area contributed by atoms with Crippen LogP contribution >= 0.6 is 0 Å². The Hall–Kier alpha value is -2.38. The number of likely N-dealkylation sites (tertiary alicyclic amines) is 1. The smallest absolute Gasteiger partial charge is 0.135 e. The van der Waals surface area contributed by atoms with Gasteiger partial charge < -0.3 is 19.3 Å². The molecule has 0 saturated carbocycles. The summed E-state index contributed by atoms with van der Waals surface area (Å²) in [6.45, 7) is 7.28. The molecule has 2 aromatic rings. The fraction of sp³-hybridized carbons (Fsp3) is 0.545. The summed E-state index contributed by atoms with van der Waals surface area (Å²) in [5.74, 6) is 2.38. The molecule has 0 radical (unpaired) electrons. The first-order chi connectivity index (χ1) is 14.2. The molecule has 0 aromatic carbocycles. The molecule has 1 atom stereocenters. The van der Waals surface area contributed by atoms with Gasteiger partial charge in [-0.2, -0.15) is 0 Å². The Kier molecular flexibility index (Phi) is 8.07. The largest absolute Gasteiger partial charge is 0.378 e. The van der Waals surface area contributed by atoms with Gasteiger partial charge in [-0.15, -0.1) is 0 Å². The normalized spacial score (nSPS) is 19.9. The van der Waals surface area contributed by atoms with Crippen molar-refractivity contribution >= 4 is 12.1 Å². The minimum absolute atomic E-state index is 0.398. The fourth-order valence-corrected chi connectivity index (χ4v) is 3.63. The molecule has 2 aliphatic rings. The van der Waals surface area contributed by atoms with Crippen LogP contribution in [0.4, 0.5) is 5.82 Å². The molecule has 4 heterocycles. The van der Waals surface area contributed by atoms with Crippen molar-refractivity contribution in [1.82, 2.24) is 19.9 Å². The zero-order valence-corrected chi connectivity index (χ0v) is 17.5. The number of aromatic nitrogens is 3. The molecule has 0 N–H and O–H groups in total. The number of pyridine rings is 1. The van der Waals surface area contributed by atoms with Crippen LogP contribution in [-0.2, 0) is 9.53 Å². The van der Waals surface area contributed by atoms with E-state index >= 15 is 0 Å². The predicted molar refractivity (Wildman–Crippen MR) is 114 cm³/mol. The highest BCUT2D eigenvalue weighted by molar-refractivity contribution is 5.62. The van der Waals surface area contributed by atoms with Gasteiger partial charge in [0.15, 0.2) is 0 Å². The second-order valence-corrected chi connectivity index (χ2v) is 7.49. The minimum Gasteiger partial charge on any atom is -0.378 e. The number of rotatable bonds is 4. The molecule has 0 amide bonds. The maximum atomic E-state index is 9.17. The quantitative estimate of drug-likeness (QED) is 0.735. The first-order valence-electron chi connectivity index (χ1n) is 10.5. The molecule has 156 valence electrons. The van der Waals surface area contributed by atoms with E-state index in [-0.39, 0.29) is 0 Å². The summed E-state index contributed by atoms with van der Waals surface area (Å²) in [5, 5.41) is 0. The highest BCUT2D eigenvalue weighted by Gasteiger charge is 2.24. The van der Waals surface area contributed by atoms with Crippen LogP contribution < -0.4 is 4.90 Å². The molecule has 4 rings (SSSR count). The van der Waals surface area contributed by atoms with Crippen molar-refractivity contribution in [2.24, 2.45) is 0 Å². The molecular weight excluding hydrogens is 366 g/mol. The van der Waals surface area contributed by atoms with Gasteiger partial charge >= 0.3 is 0 Å². The lowest BCUT2D eigenvalue weighted by atomic mass is 9.97.